The highest BCUT2D eigenvalue weighted by Gasteiger charge is 2.44. The average molecular weight is 532 g/mol. The lowest BCUT2D eigenvalue weighted by atomic mass is 9.93. The number of allylic oxidation sites excluding steroid dienone is 4. The van der Waals surface area contributed by atoms with Crippen molar-refractivity contribution in [3.05, 3.63) is 36.2 Å². The fourth-order valence-electron chi connectivity index (χ4n) is 4.20. The van der Waals surface area contributed by atoms with Crippen molar-refractivity contribution >= 4 is 22.8 Å². The van der Waals surface area contributed by atoms with Crippen LogP contribution in [-0.2, 0) is 4.74 Å². The molecule has 1 aliphatic heterocycles. The maximum Gasteiger partial charge on any atom is 0.416 e. The molecule has 1 aliphatic carbocycles. The van der Waals surface area contributed by atoms with Gasteiger partial charge in [0.05, 0.1) is 23.1 Å². The second-order valence-electron chi connectivity index (χ2n) is 10.00. The van der Waals surface area contributed by atoms with Gasteiger partial charge in [0.2, 0.25) is 0 Å². The lowest BCUT2D eigenvalue weighted by Gasteiger charge is -2.33. The number of pyridine rings is 1. The molecule has 2 aromatic heterocycles. The number of alkyl halides is 6. The van der Waals surface area contributed by atoms with E-state index in [9.17, 15) is 31.1 Å². The van der Waals surface area contributed by atoms with E-state index in [4.69, 9.17) is 9.47 Å². The summed E-state index contributed by atoms with van der Waals surface area (Å²) in [4.78, 5) is 18.0. The van der Waals surface area contributed by atoms with Gasteiger partial charge in [0.15, 0.2) is 5.65 Å². The van der Waals surface area contributed by atoms with Gasteiger partial charge in [0.25, 0.3) is 0 Å². The summed E-state index contributed by atoms with van der Waals surface area (Å²) in [5.74, 6) is -1.96. The SMILES string of the molecule is CC(C)(C)OC(=O)N1CCC(Oc2ccnc3c2cnn3C2=CC(C(F)(F)F)=CC(C(F)(F)F)C2)CC1. The Morgan fingerprint density at radius 2 is 1.76 bits per heavy atom. The van der Waals surface area contributed by atoms with Crippen LogP contribution in [0.5, 0.6) is 5.75 Å². The van der Waals surface area contributed by atoms with Gasteiger partial charge in [-0.1, -0.05) is 6.08 Å². The van der Waals surface area contributed by atoms with E-state index in [0.717, 1.165) is 4.68 Å². The van der Waals surface area contributed by atoms with E-state index in [1.54, 1.807) is 31.7 Å². The zero-order valence-corrected chi connectivity index (χ0v) is 20.4. The quantitative estimate of drug-likeness (QED) is 0.446. The van der Waals surface area contributed by atoms with Crippen LogP contribution < -0.4 is 4.74 Å². The Balaban J connectivity index is 1.53. The highest BCUT2D eigenvalue weighted by Crippen LogP contribution is 2.42. The van der Waals surface area contributed by atoms with Gasteiger partial charge in [-0.05, 0) is 32.9 Å². The maximum atomic E-state index is 13.4. The van der Waals surface area contributed by atoms with Crippen LogP contribution in [0.15, 0.2) is 36.2 Å². The number of hydrogen-bond acceptors (Lipinski definition) is 5. The van der Waals surface area contributed by atoms with E-state index >= 15 is 0 Å². The molecule has 1 saturated heterocycles. The van der Waals surface area contributed by atoms with E-state index < -0.39 is 42.0 Å². The number of carbonyl (C=O) groups is 1. The summed E-state index contributed by atoms with van der Waals surface area (Å²) in [5, 5.41) is 4.40. The largest absolute Gasteiger partial charge is 0.489 e. The second kappa shape index (κ2) is 9.56. The van der Waals surface area contributed by atoms with Crippen molar-refractivity contribution in [2.24, 2.45) is 5.92 Å². The Bertz CT molecular complexity index is 1220. The Hall–Kier alpha value is -3.25. The molecule has 1 fully saturated rings. The van der Waals surface area contributed by atoms with Gasteiger partial charge in [0.1, 0.15) is 17.5 Å². The van der Waals surface area contributed by atoms with Crippen molar-refractivity contribution < 1.29 is 40.6 Å². The monoisotopic (exact) mass is 532 g/mol. The molecule has 1 atom stereocenters. The zero-order valence-electron chi connectivity index (χ0n) is 20.4. The molecule has 0 aromatic carbocycles. The van der Waals surface area contributed by atoms with Gasteiger partial charge in [-0.2, -0.15) is 31.4 Å². The number of hydrogen-bond donors (Lipinski definition) is 0. The third-order valence-electron chi connectivity index (χ3n) is 5.97. The Morgan fingerprint density at radius 3 is 2.35 bits per heavy atom. The van der Waals surface area contributed by atoms with E-state index in [0.29, 0.717) is 43.1 Å². The fourth-order valence-corrected chi connectivity index (χ4v) is 4.20. The molecule has 1 unspecified atom stereocenters. The number of carbonyl (C=O) groups excluding carboxylic acids is 1. The molecular formula is C24H26F6N4O3. The third kappa shape index (κ3) is 6.19. The summed E-state index contributed by atoms with van der Waals surface area (Å²) in [5.41, 5.74) is -2.19. The number of halogens is 6. The predicted octanol–water partition coefficient (Wildman–Crippen LogP) is 6.12. The van der Waals surface area contributed by atoms with Gasteiger partial charge in [0, 0.05) is 44.2 Å². The molecule has 3 heterocycles. The van der Waals surface area contributed by atoms with Crippen molar-refractivity contribution in [1.29, 1.82) is 0 Å². The summed E-state index contributed by atoms with van der Waals surface area (Å²) in [7, 11) is 0. The van der Waals surface area contributed by atoms with Gasteiger partial charge >= 0.3 is 18.4 Å². The van der Waals surface area contributed by atoms with Crippen LogP contribution in [0, 0.1) is 5.92 Å². The summed E-state index contributed by atoms with van der Waals surface area (Å²) < 4.78 is 92.6. The summed E-state index contributed by atoms with van der Waals surface area (Å²) in [6, 6.07) is 1.56. The highest BCUT2D eigenvalue weighted by molar-refractivity contribution is 5.84. The Kier molecular flexibility index (Phi) is 6.93. The smallest absolute Gasteiger partial charge is 0.416 e. The van der Waals surface area contributed by atoms with Gasteiger partial charge in [-0.15, -0.1) is 0 Å². The first-order valence-electron chi connectivity index (χ1n) is 11.7. The van der Waals surface area contributed by atoms with Crippen molar-refractivity contribution in [2.45, 2.75) is 64.1 Å². The van der Waals surface area contributed by atoms with Crippen LogP contribution in [0.1, 0.15) is 40.0 Å². The molecule has 2 aromatic rings. The lowest BCUT2D eigenvalue weighted by molar-refractivity contribution is -0.161. The summed E-state index contributed by atoms with van der Waals surface area (Å²) in [6.45, 7) is 6.16. The average Bonchev–Trinajstić information content (AvgIpc) is 3.22. The Labute approximate surface area is 208 Å². The number of aromatic nitrogens is 3. The first-order chi connectivity index (χ1) is 17.1. The minimum Gasteiger partial charge on any atom is -0.489 e. The maximum absolute atomic E-state index is 13.4. The fraction of sp³-hybridized carbons (Fsp3) is 0.542. The van der Waals surface area contributed by atoms with Crippen molar-refractivity contribution in [3.63, 3.8) is 0 Å². The zero-order chi connectivity index (χ0) is 27.2. The molecule has 202 valence electrons. The van der Waals surface area contributed by atoms with Crippen LogP contribution in [0.2, 0.25) is 0 Å². The number of amides is 1. The van der Waals surface area contributed by atoms with E-state index in [-0.39, 0.29) is 23.5 Å². The molecule has 0 N–H and O–H groups in total. The van der Waals surface area contributed by atoms with E-state index in [2.05, 4.69) is 10.1 Å². The van der Waals surface area contributed by atoms with E-state index in [1.165, 1.54) is 12.4 Å². The molecule has 0 saturated carbocycles. The molecule has 13 heteroatoms. The molecule has 0 bridgehead atoms. The standard InChI is InChI=1S/C24H26F6N4O3/c1-22(2,3)37-21(35)33-8-5-17(6-9-33)36-19-4-7-31-20-18(19)13-32-34(20)16-11-14(23(25,26)27)10-15(12-16)24(28,29)30/h4,7,10-11,13,15,17H,5-6,8-9,12H2,1-3H3. The van der Waals surface area contributed by atoms with Crippen LogP contribution in [0.3, 0.4) is 0 Å². The molecular weight excluding hydrogens is 506 g/mol. The molecule has 4 rings (SSSR count). The predicted molar refractivity (Wildman–Crippen MR) is 122 cm³/mol. The first-order valence-corrected chi connectivity index (χ1v) is 11.7. The minimum atomic E-state index is -4.95. The van der Waals surface area contributed by atoms with Gasteiger partial charge < -0.3 is 14.4 Å². The van der Waals surface area contributed by atoms with Gasteiger partial charge in [-0.25, -0.2) is 14.5 Å². The number of likely N-dealkylation sites (tertiary alicyclic amines) is 1. The molecule has 1 amide bonds. The molecule has 0 radical (unpaired) electrons. The number of rotatable bonds is 3. The molecule has 2 aliphatic rings. The van der Waals surface area contributed by atoms with Crippen LogP contribution in [-0.4, -0.2) is 62.9 Å². The van der Waals surface area contributed by atoms with E-state index in [1.807, 2.05) is 0 Å². The van der Waals surface area contributed by atoms with Crippen molar-refractivity contribution in [2.75, 3.05) is 13.1 Å². The lowest BCUT2D eigenvalue weighted by Crippen LogP contribution is -2.44. The normalized spacial score (nSPS) is 20.0. The number of fused-ring (bicyclic) bond motifs is 1. The van der Waals surface area contributed by atoms with Crippen molar-refractivity contribution in [3.8, 4) is 5.75 Å². The van der Waals surface area contributed by atoms with Crippen LogP contribution in [0.25, 0.3) is 16.7 Å². The number of piperidine rings is 1. The molecule has 0 spiro atoms. The van der Waals surface area contributed by atoms with Gasteiger partial charge in [-0.3, -0.25) is 0 Å². The summed E-state index contributed by atoms with van der Waals surface area (Å²) in [6.07, 6.45) is -6.65. The minimum absolute atomic E-state index is 0.0827. The van der Waals surface area contributed by atoms with Crippen LogP contribution in [0.4, 0.5) is 31.1 Å². The molecule has 37 heavy (non-hydrogen) atoms. The first kappa shape index (κ1) is 26.8. The van der Waals surface area contributed by atoms with Crippen molar-refractivity contribution in [1.82, 2.24) is 19.7 Å². The summed E-state index contributed by atoms with van der Waals surface area (Å²) >= 11 is 0. The topological polar surface area (TPSA) is 69.5 Å². The Morgan fingerprint density at radius 1 is 1.08 bits per heavy atom. The highest BCUT2D eigenvalue weighted by atomic mass is 19.4. The number of nitrogens with zero attached hydrogens (tertiary/aromatic N) is 4. The van der Waals surface area contributed by atoms with Crippen LogP contribution >= 0.6 is 0 Å². The third-order valence-corrected chi connectivity index (χ3v) is 5.97. The second-order valence-corrected chi connectivity index (χ2v) is 10.00. The number of ether oxygens (including phenoxy) is 2. The molecule has 7 nitrogen and oxygen atoms in total.